The summed E-state index contributed by atoms with van der Waals surface area (Å²) in [6, 6.07) is 8.22. The SMILES string of the molecule is Cl.NC[C@H]1CCC[C@H]1C(=O)NCC(=O)N1CCc2ccccc2C1. The van der Waals surface area contributed by atoms with Crippen molar-refractivity contribution < 1.29 is 9.59 Å². The van der Waals surface area contributed by atoms with Crippen LogP contribution in [0.3, 0.4) is 0 Å². The number of nitrogens with two attached hydrogens (primary N) is 1. The van der Waals surface area contributed by atoms with E-state index < -0.39 is 0 Å². The Kier molecular flexibility index (Phi) is 6.63. The predicted octanol–water partition coefficient (Wildman–Crippen LogP) is 1.48. The highest BCUT2D eigenvalue weighted by Crippen LogP contribution is 2.30. The molecule has 0 saturated heterocycles. The molecule has 0 radical (unpaired) electrons. The van der Waals surface area contributed by atoms with Crippen LogP contribution in [0.4, 0.5) is 0 Å². The van der Waals surface area contributed by atoms with Crippen LogP contribution in [0.2, 0.25) is 0 Å². The van der Waals surface area contributed by atoms with E-state index >= 15 is 0 Å². The molecule has 6 heteroatoms. The van der Waals surface area contributed by atoms with Crippen LogP contribution in [0.25, 0.3) is 0 Å². The Morgan fingerprint density at radius 3 is 2.71 bits per heavy atom. The minimum Gasteiger partial charge on any atom is -0.347 e. The predicted molar refractivity (Wildman–Crippen MR) is 95.7 cm³/mol. The van der Waals surface area contributed by atoms with Gasteiger partial charge in [-0.25, -0.2) is 0 Å². The monoisotopic (exact) mass is 351 g/mol. The van der Waals surface area contributed by atoms with E-state index in [1.807, 2.05) is 17.0 Å². The van der Waals surface area contributed by atoms with Gasteiger partial charge in [-0.2, -0.15) is 0 Å². The first-order valence-corrected chi connectivity index (χ1v) is 8.51. The van der Waals surface area contributed by atoms with Gasteiger partial charge in [0.15, 0.2) is 0 Å². The van der Waals surface area contributed by atoms with E-state index in [1.165, 1.54) is 11.1 Å². The van der Waals surface area contributed by atoms with Gasteiger partial charge in [-0.1, -0.05) is 30.7 Å². The molecular formula is C18H26ClN3O2. The fourth-order valence-electron chi connectivity index (χ4n) is 3.78. The summed E-state index contributed by atoms with van der Waals surface area (Å²) in [7, 11) is 0. The summed E-state index contributed by atoms with van der Waals surface area (Å²) in [6.07, 6.45) is 3.84. The summed E-state index contributed by atoms with van der Waals surface area (Å²) in [4.78, 5) is 26.5. The van der Waals surface area contributed by atoms with Crippen molar-refractivity contribution >= 4 is 24.2 Å². The Labute approximate surface area is 149 Å². The summed E-state index contributed by atoms with van der Waals surface area (Å²) in [6.45, 7) is 2.00. The van der Waals surface area contributed by atoms with E-state index in [0.29, 0.717) is 13.1 Å². The number of carbonyl (C=O) groups excluding carboxylic acids is 2. The van der Waals surface area contributed by atoms with Gasteiger partial charge >= 0.3 is 0 Å². The molecule has 0 aromatic heterocycles. The van der Waals surface area contributed by atoms with Crippen molar-refractivity contribution in [3.63, 3.8) is 0 Å². The molecule has 1 aliphatic carbocycles. The summed E-state index contributed by atoms with van der Waals surface area (Å²) in [5.74, 6) is 0.237. The van der Waals surface area contributed by atoms with E-state index in [2.05, 4.69) is 17.4 Å². The zero-order valence-corrected chi connectivity index (χ0v) is 14.7. The lowest BCUT2D eigenvalue weighted by Gasteiger charge is -2.29. The molecule has 132 valence electrons. The molecule has 5 nitrogen and oxygen atoms in total. The highest BCUT2D eigenvalue weighted by Gasteiger charge is 2.32. The van der Waals surface area contributed by atoms with Gasteiger partial charge in [-0.3, -0.25) is 9.59 Å². The van der Waals surface area contributed by atoms with Crippen LogP contribution in [0.15, 0.2) is 24.3 Å². The van der Waals surface area contributed by atoms with E-state index in [0.717, 1.165) is 32.2 Å². The molecular weight excluding hydrogens is 326 g/mol. The number of hydrogen-bond acceptors (Lipinski definition) is 3. The van der Waals surface area contributed by atoms with E-state index in [4.69, 9.17) is 5.73 Å². The third-order valence-electron chi connectivity index (χ3n) is 5.20. The lowest BCUT2D eigenvalue weighted by molar-refractivity contribution is -0.134. The Morgan fingerprint density at radius 2 is 1.96 bits per heavy atom. The van der Waals surface area contributed by atoms with Crippen LogP contribution in [-0.4, -0.2) is 36.3 Å². The topological polar surface area (TPSA) is 75.4 Å². The summed E-state index contributed by atoms with van der Waals surface area (Å²) in [5, 5.41) is 2.82. The van der Waals surface area contributed by atoms with Gasteiger partial charge in [0.1, 0.15) is 0 Å². The van der Waals surface area contributed by atoms with Crippen molar-refractivity contribution in [2.24, 2.45) is 17.6 Å². The molecule has 2 amide bonds. The van der Waals surface area contributed by atoms with Gasteiger partial charge in [0, 0.05) is 19.0 Å². The number of amides is 2. The molecule has 0 bridgehead atoms. The molecule has 2 atom stereocenters. The maximum absolute atomic E-state index is 12.4. The number of carbonyl (C=O) groups is 2. The van der Waals surface area contributed by atoms with Crippen LogP contribution < -0.4 is 11.1 Å². The van der Waals surface area contributed by atoms with Gasteiger partial charge in [-0.05, 0) is 42.9 Å². The fraction of sp³-hybridized carbons (Fsp3) is 0.556. The number of halogens is 1. The molecule has 1 heterocycles. The smallest absolute Gasteiger partial charge is 0.242 e. The largest absolute Gasteiger partial charge is 0.347 e. The summed E-state index contributed by atoms with van der Waals surface area (Å²) in [5.41, 5.74) is 8.25. The highest BCUT2D eigenvalue weighted by molar-refractivity contribution is 5.86. The first kappa shape index (κ1) is 18.7. The lowest BCUT2D eigenvalue weighted by Crippen LogP contribution is -2.44. The number of nitrogens with one attached hydrogen (secondary N) is 1. The zero-order chi connectivity index (χ0) is 16.2. The average molecular weight is 352 g/mol. The van der Waals surface area contributed by atoms with Gasteiger partial charge < -0.3 is 16.0 Å². The third kappa shape index (κ3) is 4.08. The maximum atomic E-state index is 12.4. The minimum atomic E-state index is -0.0186. The van der Waals surface area contributed by atoms with Crippen molar-refractivity contribution in [2.75, 3.05) is 19.6 Å². The number of benzene rings is 1. The second-order valence-corrected chi connectivity index (χ2v) is 6.58. The Hall–Kier alpha value is -1.59. The standard InChI is InChI=1S/C18H25N3O2.ClH/c19-10-14-6-3-7-16(14)18(23)20-11-17(22)21-9-8-13-4-1-2-5-15(13)12-21;/h1-2,4-5,14,16H,3,6-12,19H2,(H,20,23);1H/t14-,16-;/m1./s1. The molecule has 1 aliphatic heterocycles. The molecule has 0 spiro atoms. The molecule has 1 aromatic rings. The Balaban J connectivity index is 0.00000208. The van der Waals surface area contributed by atoms with Crippen molar-refractivity contribution in [3.05, 3.63) is 35.4 Å². The molecule has 1 saturated carbocycles. The van der Waals surface area contributed by atoms with Gasteiger partial charge in [-0.15, -0.1) is 12.4 Å². The quantitative estimate of drug-likeness (QED) is 0.862. The number of fused-ring (bicyclic) bond motifs is 1. The third-order valence-corrected chi connectivity index (χ3v) is 5.20. The van der Waals surface area contributed by atoms with E-state index in [-0.39, 0.29) is 42.6 Å². The van der Waals surface area contributed by atoms with Crippen LogP contribution in [-0.2, 0) is 22.6 Å². The van der Waals surface area contributed by atoms with Crippen molar-refractivity contribution in [1.82, 2.24) is 10.2 Å². The van der Waals surface area contributed by atoms with E-state index in [1.54, 1.807) is 0 Å². The molecule has 0 unspecified atom stereocenters. The molecule has 3 rings (SSSR count). The van der Waals surface area contributed by atoms with Crippen molar-refractivity contribution in [3.8, 4) is 0 Å². The normalized spacial score (nSPS) is 22.5. The molecule has 2 aliphatic rings. The molecule has 24 heavy (non-hydrogen) atoms. The zero-order valence-electron chi connectivity index (χ0n) is 13.9. The lowest BCUT2D eigenvalue weighted by atomic mass is 9.95. The van der Waals surface area contributed by atoms with Gasteiger partial charge in [0.05, 0.1) is 6.54 Å². The highest BCUT2D eigenvalue weighted by atomic mass is 35.5. The van der Waals surface area contributed by atoms with E-state index in [9.17, 15) is 9.59 Å². The van der Waals surface area contributed by atoms with Crippen molar-refractivity contribution in [1.29, 1.82) is 0 Å². The average Bonchev–Trinajstić information content (AvgIpc) is 3.07. The molecule has 3 N–H and O–H groups in total. The maximum Gasteiger partial charge on any atom is 0.242 e. The first-order valence-electron chi connectivity index (χ1n) is 8.51. The fourth-order valence-corrected chi connectivity index (χ4v) is 3.78. The first-order chi connectivity index (χ1) is 11.2. The number of nitrogens with zero attached hydrogens (tertiary/aromatic N) is 1. The van der Waals surface area contributed by atoms with Crippen molar-refractivity contribution in [2.45, 2.75) is 32.2 Å². The number of hydrogen-bond donors (Lipinski definition) is 2. The Bertz CT molecular complexity index is 593. The molecule has 1 fully saturated rings. The molecule has 1 aromatic carbocycles. The second-order valence-electron chi connectivity index (χ2n) is 6.58. The van der Waals surface area contributed by atoms with Gasteiger partial charge in [0.2, 0.25) is 11.8 Å². The number of rotatable bonds is 4. The summed E-state index contributed by atoms with van der Waals surface area (Å²) >= 11 is 0. The summed E-state index contributed by atoms with van der Waals surface area (Å²) < 4.78 is 0. The van der Waals surface area contributed by atoms with Gasteiger partial charge in [0.25, 0.3) is 0 Å². The second kappa shape index (κ2) is 8.49. The van der Waals surface area contributed by atoms with Crippen LogP contribution in [0, 0.1) is 11.8 Å². The minimum absolute atomic E-state index is 0. The Morgan fingerprint density at radius 1 is 1.21 bits per heavy atom. The van der Waals surface area contributed by atoms with Crippen LogP contribution >= 0.6 is 12.4 Å². The van der Waals surface area contributed by atoms with Crippen LogP contribution in [0.5, 0.6) is 0 Å². The van der Waals surface area contributed by atoms with Crippen LogP contribution in [0.1, 0.15) is 30.4 Å².